The third-order valence-corrected chi connectivity index (χ3v) is 6.05. The summed E-state index contributed by atoms with van der Waals surface area (Å²) in [6.07, 6.45) is 0.899. The van der Waals surface area contributed by atoms with Crippen LogP contribution >= 0.6 is 11.8 Å². The Balaban J connectivity index is 2.04. The molecule has 0 saturated carbocycles. The number of amides is 1. The number of hydrogen-bond donors (Lipinski definition) is 1. The number of nitrogens with one attached hydrogen (secondary N) is 1. The molecule has 0 bridgehead atoms. The number of fused-ring (bicyclic) bond motifs is 1. The van der Waals surface area contributed by atoms with Crippen LogP contribution in [0.15, 0.2) is 51.6 Å². The Hall–Kier alpha value is -3.14. The fourth-order valence-electron chi connectivity index (χ4n) is 3.46. The summed E-state index contributed by atoms with van der Waals surface area (Å²) < 4.78 is 4.99. The molecule has 0 aliphatic carbocycles. The molecule has 2 aliphatic heterocycles. The minimum atomic E-state index is -0.697. The molecular weight excluding hydrogens is 420 g/mol. The molecule has 3 rings (SSSR count). The molecule has 0 unspecified atom stereocenters. The van der Waals surface area contributed by atoms with E-state index in [4.69, 9.17) is 4.74 Å². The number of ether oxygens (including phenoxy) is 1. The van der Waals surface area contributed by atoms with Gasteiger partial charge in [-0.3, -0.25) is 14.9 Å². The van der Waals surface area contributed by atoms with Crippen LogP contribution in [0.1, 0.15) is 45.2 Å². The molecule has 2 aliphatic rings. The number of esters is 1. The quantitative estimate of drug-likeness (QED) is 0.388. The topological polar surface area (TPSA) is 114 Å². The number of carbonyl (C=O) groups is 2. The van der Waals surface area contributed by atoms with Crippen LogP contribution in [0.3, 0.4) is 0 Å². The van der Waals surface area contributed by atoms with Crippen molar-refractivity contribution in [3.63, 3.8) is 0 Å². The van der Waals surface area contributed by atoms with Crippen LogP contribution in [-0.2, 0) is 14.3 Å². The summed E-state index contributed by atoms with van der Waals surface area (Å²) in [5.41, 5.74) is 1.87. The van der Waals surface area contributed by atoms with Crippen molar-refractivity contribution in [3.8, 4) is 0 Å². The van der Waals surface area contributed by atoms with Crippen molar-refractivity contribution in [3.05, 3.63) is 62.3 Å². The van der Waals surface area contributed by atoms with Crippen molar-refractivity contribution in [2.75, 3.05) is 7.11 Å². The molecule has 31 heavy (non-hydrogen) atoms. The van der Waals surface area contributed by atoms with Crippen molar-refractivity contribution in [2.45, 2.75) is 45.7 Å². The molecule has 1 amide bonds. The summed E-state index contributed by atoms with van der Waals surface area (Å²) in [5.74, 6) is -0.719. The number of thioether (sulfide) groups is 1. The SMILES string of the molecule is CC[C@H](C)NC(=O)CC1=CSC2=NC(C)=C(C(=O)OC)[C@@H](c3cccc([N+](=O)[O-])c3)N12. The average Bonchev–Trinajstić information content (AvgIpc) is 3.13. The zero-order chi connectivity index (χ0) is 22.7. The van der Waals surface area contributed by atoms with Gasteiger partial charge in [-0.05, 0) is 31.2 Å². The van der Waals surface area contributed by atoms with Gasteiger partial charge in [-0.25, -0.2) is 9.79 Å². The highest BCUT2D eigenvalue weighted by Gasteiger charge is 2.41. The van der Waals surface area contributed by atoms with Crippen LogP contribution in [0, 0.1) is 10.1 Å². The molecule has 1 aromatic rings. The lowest BCUT2D eigenvalue weighted by atomic mass is 9.93. The number of benzene rings is 1. The van der Waals surface area contributed by atoms with E-state index in [1.165, 1.54) is 31.0 Å². The highest BCUT2D eigenvalue weighted by molar-refractivity contribution is 8.16. The van der Waals surface area contributed by atoms with Gasteiger partial charge in [-0.15, -0.1) is 0 Å². The van der Waals surface area contributed by atoms with Gasteiger partial charge in [0.2, 0.25) is 5.91 Å². The maximum Gasteiger partial charge on any atom is 0.338 e. The number of allylic oxidation sites excluding steroid dienone is 1. The predicted molar refractivity (Wildman–Crippen MR) is 118 cm³/mol. The van der Waals surface area contributed by atoms with E-state index in [1.54, 1.807) is 24.0 Å². The summed E-state index contributed by atoms with van der Waals surface area (Å²) in [6, 6.07) is 5.46. The maximum absolute atomic E-state index is 12.7. The third kappa shape index (κ3) is 4.63. The molecule has 0 aromatic heterocycles. The number of nitro benzene ring substituents is 1. The third-order valence-electron chi connectivity index (χ3n) is 5.16. The number of aliphatic imine (C=N–C) groups is 1. The first kappa shape index (κ1) is 22.5. The Bertz CT molecular complexity index is 1020. The number of non-ortho nitro benzene ring substituents is 1. The Morgan fingerprint density at radius 3 is 2.81 bits per heavy atom. The van der Waals surface area contributed by atoms with Crippen molar-refractivity contribution >= 4 is 34.5 Å². The molecule has 1 aromatic carbocycles. The van der Waals surface area contributed by atoms with Crippen LogP contribution < -0.4 is 5.32 Å². The summed E-state index contributed by atoms with van der Waals surface area (Å²) in [5, 5.41) is 16.7. The fourth-order valence-corrected chi connectivity index (χ4v) is 4.42. The van der Waals surface area contributed by atoms with Gasteiger partial charge in [0, 0.05) is 23.9 Å². The minimum absolute atomic E-state index is 0.0389. The fraction of sp³-hybridized carbons (Fsp3) is 0.381. The van der Waals surface area contributed by atoms with Crippen LogP contribution in [0.2, 0.25) is 0 Å². The smallest absolute Gasteiger partial charge is 0.338 e. The van der Waals surface area contributed by atoms with E-state index in [0.29, 0.717) is 22.1 Å². The van der Waals surface area contributed by atoms with E-state index in [-0.39, 0.29) is 29.6 Å². The van der Waals surface area contributed by atoms with E-state index in [9.17, 15) is 19.7 Å². The van der Waals surface area contributed by atoms with Gasteiger partial charge in [0.05, 0.1) is 35.8 Å². The number of rotatable bonds is 7. The standard InChI is InChI=1S/C21H24N4O5S/c1-5-12(2)22-17(26)10-16-11-31-21-23-13(3)18(20(27)30-4)19(24(16)21)14-7-6-8-15(9-14)25(28)29/h6-9,11-12,19H,5,10H2,1-4H3,(H,22,26)/t12-,19+/m0/s1. The summed E-state index contributed by atoms with van der Waals surface area (Å²) >= 11 is 1.35. The van der Waals surface area contributed by atoms with E-state index >= 15 is 0 Å². The van der Waals surface area contributed by atoms with Crippen molar-refractivity contribution in [1.82, 2.24) is 10.2 Å². The van der Waals surface area contributed by atoms with Gasteiger partial charge in [0.1, 0.15) is 0 Å². The Morgan fingerprint density at radius 1 is 1.42 bits per heavy atom. The van der Waals surface area contributed by atoms with Gasteiger partial charge < -0.3 is 15.0 Å². The van der Waals surface area contributed by atoms with Gasteiger partial charge in [-0.2, -0.15) is 0 Å². The maximum atomic E-state index is 12.7. The van der Waals surface area contributed by atoms with Crippen LogP contribution in [-0.4, -0.2) is 40.0 Å². The van der Waals surface area contributed by atoms with Crippen molar-refractivity contribution < 1.29 is 19.2 Å². The summed E-state index contributed by atoms with van der Waals surface area (Å²) in [6.45, 7) is 5.62. The minimum Gasteiger partial charge on any atom is -0.466 e. The number of methoxy groups -OCH3 is 1. The second-order valence-electron chi connectivity index (χ2n) is 7.29. The zero-order valence-electron chi connectivity index (χ0n) is 17.7. The van der Waals surface area contributed by atoms with Crippen molar-refractivity contribution in [2.24, 2.45) is 4.99 Å². The van der Waals surface area contributed by atoms with E-state index in [2.05, 4.69) is 10.3 Å². The number of nitro groups is 1. The molecule has 0 spiro atoms. The first-order valence-corrected chi connectivity index (χ1v) is 10.7. The molecular formula is C21H24N4O5S. The number of carbonyl (C=O) groups excluding carboxylic acids is 2. The first-order valence-electron chi connectivity index (χ1n) is 9.83. The van der Waals surface area contributed by atoms with Gasteiger partial charge in [0.25, 0.3) is 5.69 Å². The normalized spacial score (nSPS) is 18.7. The van der Waals surface area contributed by atoms with Gasteiger partial charge in [-0.1, -0.05) is 30.8 Å². The molecule has 10 heteroatoms. The van der Waals surface area contributed by atoms with E-state index < -0.39 is 16.9 Å². The molecule has 0 radical (unpaired) electrons. The zero-order valence-corrected chi connectivity index (χ0v) is 18.6. The monoisotopic (exact) mass is 444 g/mol. The molecule has 2 heterocycles. The van der Waals surface area contributed by atoms with Crippen LogP contribution in [0.25, 0.3) is 0 Å². The number of nitrogens with zero attached hydrogens (tertiary/aromatic N) is 3. The van der Waals surface area contributed by atoms with E-state index in [1.807, 2.05) is 19.3 Å². The van der Waals surface area contributed by atoms with Crippen LogP contribution in [0.5, 0.6) is 0 Å². The lowest BCUT2D eigenvalue weighted by molar-refractivity contribution is -0.384. The van der Waals surface area contributed by atoms with Gasteiger partial charge in [0.15, 0.2) is 5.17 Å². The summed E-state index contributed by atoms with van der Waals surface area (Å²) in [4.78, 5) is 42.4. The van der Waals surface area contributed by atoms with Gasteiger partial charge >= 0.3 is 5.97 Å². The average molecular weight is 445 g/mol. The molecule has 2 atom stereocenters. The predicted octanol–water partition coefficient (Wildman–Crippen LogP) is 3.65. The molecule has 0 fully saturated rings. The summed E-state index contributed by atoms with van der Waals surface area (Å²) in [7, 11) is 1.28. The lowest BCUT2D eigenvalue weighted by Gasteiger charge is -2.36. The largest absolute Gasteiger partial charge is 0.466 e. The second kappa shape index (κ2) is 9.34. The Morgan fingerprint density at radius 2 is 2.16 bits per heavy atom. The molecule has 9 nitrogen and oxygen atoms in total. The highest BCUT2D eigenvalue weighted by atomic mass is 32.2. The van der Waals surface area contributed by atoms with E-state index in [0.717, 1.165) is 6.42 Å². The second-order valence-corrected chi connectivity index (χ2v) is 8.13. The first-order chi connectivity index (χ1) is 14.8. The Kier molecular flexibility index (Phi) is 6.79. The highest BCUT2D eigenvalue weighted by Crippen LogP contribution is 2.45. The lowest BCUT2D eigenvalue weighted by Crippen LogP contribution is -2.39. The molecule has 1 N–H and O–H groups in total. The van der Waals surface area contributed by atoms with Crippen LogP contribution in [0.4, 0.5) is 5.69 Å². The number of hydrogen-bond acceptors (Lipinski definition) is 8. The Labute approximate surface area is 184 Å². The molecule has 164 valence electrons. The molecule has 0 saturated heterocycles. The number of amidine groups is 1. The van der Waals surface area contributed by atoms with Crippen molar-refractivity contribution in [1.29, 1.82) is 0 Å².